The van der Waals surface area contributed by atoms with Crippen LogP contribution in [0.15, 0.2) is 42.6 Å². The molecular weight excluding hydrogens is 454 g/mol. The van der Waals surface area contributed by atoms with Crippen LogP contribution in [0.25, 0.3) is 21.8 Å². The second-order valence-electron chi connectivity index (χ2n) is 10.1. The summed E-state index contributed by atoms with van der Waals surface area (Å²) in [4.78, 5) is 13.5. The van der Waals surface area contributed by atoms with Gasteiger partial charge < -0.3 is 15.6 Å². The van der Waals surface area contributed by atoms with Gasteiger partial charge in [-0.2, -0.15) is 0 Å². The number of piperazine rings is 1. The molecule has 0 atom stereocenters. The Hall–Kier alpha value is -2.76. The van der Waals surface area contributed by atoms with Crippen molar-refractivity contribution in [2.75, 3.05) is 43.4 Å². The summed E-state index contributed by atoms with van der Waals surface area (Å²) in [5, 5.41) is 3.23. The van der Waals surface area contributed by atoms with Crippen LogP contribution in [-0.2, 0) is 19.3 Å². The normalized spacial score (nSPS) is 16.8. The fourth-order valence-electron chi connectivity index (χ4n) is 5.98. The van der Waals surface area contributed by atoms with Crippen LogP contribution in [0, 0.1) is 0 Å². The molecule has 1 aliphatic carbocycles. The highest BCUT2D eigenvalue weighted by Crippen LogP contribution is 2.37. The molecule has 1 fully saturated rings. The smallest absolute Gasteiger partial charge is 0.0747 e. The predicted octanol–water partition coefficient (Wildman–Crippen LogP) is 5.98. The van der Waals surface area contributed by atoms with Gasteiger partial charge in [0.1, 0.15) is 0 Å². The minimum absolute atomic E-state index is 0.805. The number of unbranched alkanes of at least 4 members (excludes halogenated alkanes) is 1. The van der Waals surface area contributed by atoms with E-state index in [0.29, 0.717) is 0 Å². The van der Waals surface area contributed by atoms with Gasteiger partial charge in [0.25, 0.3) is 0 Å². The lowest BCUT2D eigenvalue weighted by atomic mass is 9.92. The first-order chi connectivity index (χ1) is 17.2. The Morgan fingerprint density at radius 3 is 2.74 bits per heavy atom. The van der Waals surface area contributed by atoms with E-state index in [-0.39, 0.29) is 0 Å². The Kier molecular flexibility index (Phi) is 6.29. The lowest BCUT2D eigenvalue weighted by molar-refractivity contribution is 0.253. The summed E-state index contributed by atoms with van der Waals surface area (Å²) in [5.74, 6) is 0. The van der Waals surface area contributed by atoms with Crippen molar-refractivity contribution in [2.24, 2.45) is 0 Å². The number of nitrogens with one attached hydrogen (secondary N) is 1. The zero-order valence-electron chi connectivity index (χ0n) is 20.3. The third-order valence-electron chi connectivity index (χ3n) is 7.92. The number of H-pyrrole nitrogens is 1. The van der Waals surface area contributed by atoms with Gasteiger partial charge in [-0.15, -0.1) is 0 Å². The lowest BCUT2D eigenvalue weighted by Gasteiger charge is -2.37. The average Bonchev–Trinajstić information content (AvgIpc) is 3.29. The van der Waals surface area contributed by atoms with Crippen molar-refractivity contribution in [3.63, 3.8) is 0 Å². The van der Waals surface area contributed by atoms with E-state index in [2.05, 4.69) is 51.3 Å². The molecule has 2 aromatic heterocycles. The third-order valence-corrected chi connectivity index (χ3v) is 8.16. The molecule has 5 nitrogen and oxygen atoms in total. The number of nitrogen functional groups attached to an aromatic ring is 1. The van der Waals surface area contributed by atoms with E-state index < -0.39 is 0 Å². The van der Waals surface area contributed by atoms with Gasteiger partial charge in [0.15, 0.2) is 0 Å². The van der Waals surface area contributed by atoms with Crippen molar-refractivity contribution >= 4 is 44.8 Å². The van der Waals surface area contributed by atoms with E-state index >= 15 is 0 Å². The number of fused-ring (bicyclic) bond motifs is 3. The van der Waals surface area contributed by atoms with E-state index in [9.17, 15) is 0 Å². The van der Waals surface area contributed by atoms with Crippen LogP contribution in [0.5, 0.6) is 0 Å². The van der Waals surface area contributed by atoms with Gasteiger partial charge in [-0.3, -0.25) is 9.88 Å². The molecule has 0 bridgehead atoms. The second-order valence-corrected chi connectivity index (χ2v) is 10.6. The monoisotopic (exact) mass is 487 g/mol. The van der Waals surface area contributed by atoms with Crippen molar-refractivity contribution in [1.29, 1.82) is 0 Å². The van der Waals surface area contributed by atoms with Crippen LogP contribution < -0.4 is 10.6 Å². The predicted molar refractivity (Wildman–Crippen MR) is 148 cm³/mol. The van der Waals surface area contributed by atoms with Crippen LogP contribution in [0.2, 0.25) is 5.02 Å². The van der Waals surface area contributed by atoms with Crippen LogP contribution in [0.1, 0.15) is 42.5 Å². The highest BCUT2D eigenvalue weighted by Gasteiger charge is 2.22. The van der Waals surface area contributed by atoms with E-state index in [1.807, 2.05) is 6.07 Å². The van der Waals surface area contributed by atoms with Crippen LogP contribution >= 0.6 is 11.6 Å². The summed E-state index contributed by atoms with van der Waals surface area (Å²) in [5.41, 5.74) is 15.1. The van der Waals surface area contributed by atoms with Crippen LogP contribution in [0.4, 0.5) is 11.4 Å². The maximum atomic E-state index is 6.75. The summed E-state index contributed by atoms with van der Waals surface area (Å²) < 4.78 is 0. The zero-order valence-corrected chi connectivity index (χ0v) is 21.1. The molecule has 4 aromatic rings. The first kappa shape index (κ1) is 22.7. The molecule has 2 aromatic carbocycles. The summed E-state index contributed by atoms with van der Waals surface area (Å²) in [7, 11) is 0. The molecule has 0 amide bonds. The number of hydrogen-bond donors (Lipinski definition) is 2. The van der Waals surface area contributed by atoms with Gasteiger partial charge in [-0.1, -0.05) is 17.7 Å². The van der Waals surface area contributed by atoms with Crippen molar-refractivity contribution in [3.8, 4) is 0 Å². The molecule has 6 heteroatoms. The second kappa shape index (κ2) is 9.71. The van der Waals surface area contributed by atoms with E-state index in [4.69, 9.17) is 22.3 Å². The summed E-state index contributed by atoms with van der Waals surface area (Å²) >= 11 is 6.20. The number of pyridine rings is 1. The summed E-state index contributed by atoms with van der Waals surface area (Å²) in [6.45, 7) is 5.42. The number of rotatable bonds is 6. The standard InChI is InChI=1S/C29H34ClN5/c30-21-11-12-24-23(18-21)20(19-32-24)6-3-4-13-34-14-16-35(17-15-34)27-10-5-9-26-28(27)29(31)22-7-1-2-8-25(22)33-26/h5,9-12,18-19,32H,1-4,6-8,13-17H2,(H2,31,33). The van der Waals surface area contributed by atoms with E-state index in [1.165, 1.54) is 64.5 Å². The highest BCUT2D eigenvalue weighted by molar-refractivity contribution is 6.31. The Morgan fingerprint density at radius 2 is 1.86 bits per heavy atom. The number of anilines is 2. The maximum absolute atomic E-state index is 6.75. The Labute approximate surface area is 212 Å². The molecular formula is C29H34ClN5. The van der Waals surface area contributed by atoms with Gasteiger partial charge >= 0.3 is 0 Å². The summed E-state index contributed by atoms with van der Waals surface area (Å²) in [6.07, 6.45) is 10.2. The lowest BCUT2D eigenvalue weighted by Crippen LogP contribution is -2.46. The topological polar surface area (TPSA) is 61.2 Å². The third kappa shape index (κ3) is 4.48. The zero-order chi connectivity index (χ0) is 23.8. The molecule has 0 spiro atoms. The minimum atomic E-state index is 0.805. The number of benzene rings is 2. The number of aromatic nitrogens is 2. The molecule has 2 aliphatic rings. The first-order valence-corrected chi connectivity index (χ1v) is 13.5. The first-order valence-electron chi connectivity index (χ1n) is 13.1. The highest BCUT2D eigenvalue weighted by atomic mass is 35.5. The molecule has 35 heavy (non-hydrogen) atoms. The Balaban J connectivity index is 1.06. The molecule has 0 unspecified atom stereocenters. The number of nitrogens with two attached hydrogens (primary N) is 1. The molecule has 1 saturated heterocycles. The van der Waals surface area contributed by atoms with Gasteiger partial charge in [-0.05, 0) is 92.9 Å². The fraction of sp³-hybridized carbons (Fsp3) is 0.414. The average molecular weight is 488 g/mol. The van der Waals surface area contributed by atoms with Gasteiger partial charge in [-0.25, -0.2) is 0 Å². The van der Waals surface area contributed by atoms with Gasteiger partial charge in [0.05, 0.1) is 5.52 Å². The molecule has 0 radical (unpaired) electrons. The van der Waals surface area contributed by atoms with E-state index in [0.717, 1.165) is 68.2 Å². The van der Waals surface area contributed by atoms with E-state index in [1.54, 1.807) is 0 Å². The van der Waals surface area contributed by atoms with Crippen molar-refractivity contribution in [2.45, 2.75) is 44.9 Å². The molecule has 0 saturated carbocycles. The largest absolute Gasteiger partial charge is 0.398 e. The number of hydrogen-bond acceptors (Lipinski definition) is 4. The molecule has 3 heterocycles. The molecule has 1 aliphatic heterocycles. The Morgan fingerprint density at radius 1 is 1.00 bits per heavy atom. The number of halogens is 1. The maximum Gasteiger partial charge on any atom is 0.0747 e. The van der Waals surface area contributed by atoms with Gasteiger partial charge in [0, 0.05) is 70.8 Å². The fourth-order valence-corrected chi connectivity index (χ4v) is 6.15. The van der Waals surface area contributed by atoms with Crippen molar-refractivity contribution < 1.29 is 0 Å². The number of nitrogens with zero attached hydrogens (tertiary/aromatic N) is 3. The summed E-state index contributed by atoms with van der Waals surface area (Å²) in [6, 6.07) is 12.6. The molecule has 6 rings (SSSR count). The molecule has 3 N–H and O–H groups in total. The molecule has 182 valence electrons. The van der Waals surface area contributed by atoms with Crippen molar-refractivity contribution in [3.05, 3.63) is 64.4 Å². The number of aryl methyl sites for hydroxylation is 2. The number of aromatic amines is 1. The van der Waals surface area contributed by atoms with Crippen molar-refractivity contribution in [1.82, 2.24) is 14.9 Å². The van der Waals surface area contributed by atoms with Crippen LogP contribution in [0.3, 0.4) is 0 Å². The SMILES string of the molecule is Nc1c2c(nc3cccc(N4CCN(CCCCc5c[nH]c6ccc(Cl)cc56)CC4)c13)CCCC2. The minimum Gasteiger partial charge on any atom is -0.398 e. The van der Waals surface area contributed by atoms with Crippen LogP contribution in [-0.4, -0.2) is 47.6 Å². The quantitative estimate of drug-likeness (QED) is 0.329. The van der Waals surface area contributed by atoms with Gasteiger partial charge in [0.2, 0.25) is 0 Å². The Bertz CT molecular complexity index is 1350.